The molecule has 1 aromatic rings. The van der Waals surface area contributed by atoms with E-state index in [9.17, 15) is 13.6 Å². The second kappa shape index (κ2) is 9.01. The number of methoxy groups -OCH3 is 2. The molecule has 6 heteroatoms. The van der Waals surface area contributed by atoms with E-state index in [4.69, 9.17) is 9.47 Å². The van der Waals surface area contributed by atoms with Gasteiger partial charge in [-0.25, -0.2) is 8.78 Å². The summed E-state index contributed by atoms with van der Waals surface area (Å²) in [6.45, 7) is 1.56. The number of hydrogen-bond acceptors (Lipinski definition) is 3. The summed E-state index contributed by atoms with van der Waals surface area (Å²) in [7, 11) is 2.94. The Morgan fingerprint density at radius 3 is 2.26 bits per heavy atom. The van der Waals surface area contributed by atoms with Crippen molar-refractivity contribution in [3.05, 3.63) is 34.3 Å². The van der Waals surface area contributed by atoms with E-state index in [1.807, 2.05) is 0 Å². The number of allylic oxidation sites excluding steroid dienone is 2. The highest BCUT2D eigenvalue weighted by Gasteiger charge is 2.24. The van der Waals surface area contributed by atoms with Crippen molar-refractivity contribution in [3.63, 3.8) is 0 Å². The zero-order valence-electron chi connectivity index (χ0n) is 13.5. The van der Waals surface area contributed by atoms with Crippen LogP contribution in [-0.4, -0.2) is 25.9 Å². The third-order valence-corrected chi connectivity index (χ3v) is 3.78. The first kappa shape index (κ1) is 19.6. The number of unbranched alkanes of at least 4 members (excludes halogenated alkanes) is 1. The summed E-state index contributed by atoms with van der Waals surface area (Å²) in [6, 6.07) is 3.35. The van der Waals surface area contributed by atoms with Crippen molar-refractivity contribution in [1.82, 2.24) is 0 Å². The molecule has 3 nitrogen and oxygen atoms in total. The lowest BCUT2D eigenvalue weighted by molar-refractivity contribution is 0.0424. The predicted molar refractivity (Wildman–Crippen MR) is 89.8 cm³/mol. The molecule has 0 saturated heterocycles. The molecule has 0 saturated carbocycles. The van der Waals surface area contributed by atoms with Crippen LogP contribution in [0, 0.1) is 0 Å². The van der Waals surface area contributed by atoms with Gasteiger partial charge in [0, 0.05) is 17.3 Å². The molecule has 0 amide bonds. The Morgan fingerprint density at radius 1 is 1.22 bits per heavy atom. The Labute approximate surface area is 143 Å². The molecule has 0 radical (unpaired) electrons. The zero-order valence-corrected chi connectivity index (χ0v) is 15.1. The Kier molecular flexibility index (Phi) is 7.68. The Morgan fingerprint density at radius 2 is 1.78 bits per heavy atom. The summed E-state index contributed by atoms with van der Waals surface area (Å²) >= 11 is 3.32. The fourth-order valence-electron chi connectivity index (χ4n) is 2.25. The van der Waals surface area contributed by atoms with Gasteiger partial charge in [0.2, 0.25) is 0 Å². The number of rotatable bonds is 9. The van der Waals surface area contributed by atoms with E-state index in [-0.39, 0.29) is 25.0 Å². The average molecular weight is 391 g/mol. The van der Waals surface area contributed by atoms with Gasteiger partial charge in [0.25, 0.3) is 5.92 Å². The first-order valence-electron chi connectivity index (χ1n) is 7.31. The summed E-state index contributed by atoms with van der Waals surface area (Å²) < 4.78 is 37.8. The second-order valence-electron chi connectivity index (χ2n) is 5.08. The quantitative estimate of drug-likeness (QED) is 0.320. The van der Waals surface area contributed by atoms with Gasteiger partial charge in [-0.05, 0) is 38.0 Å². The van der Waals surface area contributed by atoms with Crippen molar-refractivity contribution in [2.45, 2.75) is 38.5 Å². The normalized spacial score (nSPS) is 11.7. The molecule has 0 bridgehead atoms. The molecule has 0 aliphatic carbocycles. The maximum Gasteiger partial charge on any atom is 0.266 e. The molecule has 0 spiro atoms. The lowest BCUT2D eigenvalue weighted by atomic mass is 10.0. The summed E-state index contributed by atoms with van der Waals surface area (Å²) in [5, 5.41) is 0. The standard InChI is InChI=1S/C17H21BrF2O3/c1-4-8-17(19,20)9-6-5-7-13(21)16-14(22-2)10-12(18)11-15(16)23-3/h4,8,10-11H,5-7,9H2,1-3H3/b8-4+. The Hall–Kier alpha value is -1.43. The number of carbonyl (C=O) groups excluding carboxylic acids is 1. The molecule has 0 N–H and O–H groups in total. The molecule has 0 heterocycles. The lowest BCUT2D eigenvalue weighted by Gasteiger charge is -2.14. The summed E-state index contributed by atoms with van der Waals surface area (Å²) in [4.78, 5) is 12.4. The maximum atomic E-state index is 13.3. The van der Waals surface area contributed by atoms with Crippen molar-refractivity contribution in [2.24, 2.45) is 0 Å². The van der Waals surface area contributed by atoms with Crippen molar-refractivity contribution in [1.29, 1.82) is 0 Å². The number of benzene rings is 1. The van der Waals surface area contributed by atoms with Crippen LogP contribution in [0.25, 0.3) is 0 Å². The molecule has 0 aliphatic rings. The van der Waals surface area contributed by atoms with Gasteiger partial charge in [-0.15, -0.1) is 0 Å². The number of hydrogen-bond donors (Lipinski definition) is 0. The van der Waals surface area contributed by atoms with Crippen LogP contribution in [0.15, 0.2) is 28.8 Å². The number of alkyl halides is 2. The summed E-state index contributed by atoms with van der Waals surface area (Å²) in [5.41, 5.74) is 0.346. The van der Waals surface area contributed by atoms with Crippen molar-refractivity contribution in [2.75, 3.05) is 14.2 Å². The monoisotopic (exact) mass is 390 g/mol. The average Bonchev–Trinajstić information content (AvgIpc) is 2.50. The van der Waals surface area contributed by atoms with E-state index >= 15 is 0 Å². The third-order valence-electron chi connectivity index (χ3n) is 3.32. The van der Waals surface area contributed by atoms with Crippen molar-refractivity contribution < 1.29 is 23.0 Å². The van der Waals surface area contributed by atoms with E-state index in [1.54, 1.807) is 19.1 Å². The molecule has 0 unspecified atom stereocenters. The number of Topliss-reactive ketones (excluding diaryl/α,β-unsaturated/α-hetero) is 1. The first-order chi connectivity index (χ1) is 10.8. The minimum absolute atomic E-state index is 0.167. The molecule has 23 heavy (non-hydrogen) atoms. The van der Waals surface area contributed by atoms with E-state index in [2.05, 4.69) is 15.9 Å². The van der Waals surface area contributed by atoms with Crippen LogP contribution in [0.5, 0.6) is 11.5 Å². The fraction of sp³-hybridized carbons (Fsp3) is 0.471. The summed E-state index contributed by atoms with van der Waals surface area (Å²) in [6.07, 6.45) is 2.77. The van der Waals surface area contributed by atoms with Gasteiger partial charge in [0.1, 0.15) is 17.1 Å². The number of halogens is 3. The third kappa shape index (κ3) is 5.94. The van der Waals surface area contributed by atoms with Crippen LogP contribution >= 0.6 is 15.9 Å². The summed E-state index contributed by atoms with van der Waals surface area (Å²) in [5.74, 6) is -2.19. The van der Waals surface area contributed by atoms with Gasteiger partial charge in [-0.1, -0.05) is 22.0 Å². The zero-order chi connectivity index (χ0) is 17.5. The Balaban J connectivity index is 2.72. The van der Waals surface area contributed by atoms with E-state index in [0.717, 1.165) is 10.5 Å². The molecule has 1 rings (SSSR count). The molecular formula is C17H21BrF2O3. The van der Waals surface area contributed by atoms with Gasteiger partial charge in [-0.3, -0.25) is 4.79 Å². The topological polar surface area (TPSA) is 35.5 Å². The highest BCUT2D eigenvalue weighted by atomic mass is 79.9. The smallest absolute Gasteiger partial charge is 0.266 e. The first-order valence-corrected chi connectivity index (χ1v) is 8.10. The SMILES string of the molecule is C/C=C/C(F)(F)CCCCC(=O)c1c(OC)cc(Br)cc1OC. The van der Waals surface area contributed by atoms with Crippen LogP contribution in [0.1, 0.15) is 43.0 Å². The van der Waals surface area contributed by atoms with E-state index in [1.165, 1.54) is 20.3 Å². The van der Waals surface area contributed by atoms with Crippen LogP contribution in [0.4, 0.5) is 8.78 Å². The minimum atomic E-state index is -2.81. The molecule has 0 fully saturated rings. The van der Waals surface area contributed by atoms with Crippen LogP contribution in [-0.2, 0) is 0 Å². The predicted octanol–water partition coefficient (Wildman–Crippen LogP) is 5.42. The van der Waals surface area contributed by atoms with Crippen LogP contribution < -0.4 is 9.47 Å². The van der Waals surface area contributed by atoms with Gasteiger partial charge in [0.15, 0.2) is 5.78 Å². The molecule has 1 aromatic carbocycles. The van der Waals surface area contributed by atoms with E-state index < -0.39 is 5.92 Å². The highest BCUT2D eigenvalue weighted by molar-refractivity contribution is 9.10. The molecule has 0 aromatic heterocycles. The molecule has 0 aliphatic heterocycles. The fourth-order valence-corrected chi connectivity index (χ4v) is 2.67. The second-order valence-corrected chi connectivity index (χ2v) is 5.99. The molecule has 128 valence electrons. The minimum Gasteiger partial charge on any atom is -0.496 e. The molecular weight excluding hydrogens is 370 g/mol. The number of ether oxygens (including phenoxy) is 2. The van der Waals surface area contributed by atoms with Crippen LogP contribution in [0.3, 0.4) is 0 Å². The van der Waals surface area contributed by atoms with Gasteiger partial charge >= 0.3 is 0 Å². The van der Waals surface area contributed by atoms with Gasteiger partial charge in [0.05, 0.1) is 14.2 Å². The highest BCUT2D eigenvalue weighted by Crippen LogP contribution is 2.34. The van der Waals surface area contributed by atoms with Crippen molar-refractivity contribution >= 4 is 21.7 Å². The van der Waals surface area contributed by atoms with Crippen LogP contribution in [0.2, 0.25) is 0 Å². The van der Waals surface area contributed by atoms with E-state index in [0.29, 0.717) is 23.5 Å². The van der Waals surface area contributed by atoms with Gasteiger partial charge in [-0.2, -0.15) is 0 Å². The molecule has 0 atom stereocenters. The maximum absolute atomic E-state index is 13.3. The number of carbonyl (C=O) groups is 1. The number of ketones is 1. The van der Waals surface area contributed by atoms with Crippen molar-refractivity contribution in [3.8, 4) is 11.5 Å². The Bertz CT molecular complexity index is 546. The lowest BCUT2D eigenvalue weighted by Crippen LogP contribution is -2.12. The van der Waals surface area contributed by atoms with Gasteiger partial charge < -0.3 is 9.47 Å². The largest absolute Gasteiger partial charge is 0.496 e.